The quantitative estimate of drug-likeness (QED) is 0.830. The molecule has 0 aromatic carbocycles. The Labute approximate surface area is 115 Å². The molecular formula is C13H16N4O3. The minimum Gasteiger partial charge on any atom is -0.455 e. The summed E-state index contributed by atoms with van der Waals surface area (Å²) >= 11 is 0. The van der Waals surface area contributed by atoms with E-state index in [1.54, 1.807) is 44.9 Å². The Kier molecular flexibility index (Phi) is 3.44. The maximum absolute atomic E-state index is 12.3. The number of hydrogen-bond donors (Lipinski definition) is 1. The van der Waals surface area contributed by atoms with Gasteiger partial charge in [-0.3, -0.25) is 14.6 Å². The summed E-state index contributed by atoms with van der Waals surface area (Å²) in [6.07, 6.45) is 4.67. The molecule has 2 aromatic rings. The Bertz CT molecular complexity index is 694. The lowest BCUT2D eigenvalue weighted by Gasteiger charge is -2.18. The van der Waals surface area contributed by atoms with Crippen molar-refractivity contribution in [3.8, 4) is 11.1 Å². The second-order valence-corrected chi connectivity index (χ2v) is 5.38. The lowest BCUT2D eigenvalue weighted by atomic mass is 10.1. The van der Waals surface area contributed by atoms with Crippen molar-refractivity contribution in [2.45, 2.75) is 26.4 Å². The molecule has 0 spiro atoms. The van der Waals surface area contributed by atoms with Crippen LogP contribution in [-0.2, 0) is 11.8 Å². The molecule has 0 radical (unpaired) electrons. The predicted molar refractivity (Wildman–Crippen MR) is 72.2 cm³/mol. The molecule has 2 rings (SSSR count). The topological polar surface area (TPSA) is 89.9 Å². The SMILES string of the molecule is Cn1cc(-c2c[nH]nc(C(=O)OC(C)(C)C)c2=O)cn1. The minimum absolute atomic E-state index is 0.263. The van der Waals surface area contributed by atoms with E-state index in [-0.39, 0.29) is 5.69 Å². The molecule has 7 heteroatoms. The van der Waals surface area contributed by atoms with Crippen molar-refractivity contribution in [3.05, 3.63) is 34.5 Å². The van der Waals surface area contributed by atoms with Crippen LogP contribution >= 0.6 is 0 Å². The van der Waals surface area contributed by atoms with E-state index < -0.39 is 17.0 Å². The Morgan fingerprint density at radius 2 is 2.10 bits per heavy atom. The molecule has 0 atom stereocenters. The van der Waals surface area contributed by atoms with Crippen molar-refractivity contribution in [1.82, 2.24) is 20.0 Å². The molecule has 106 valence electrons. The largest absolute Gasteiger partial charge is 0.455 e. The van der Waals surface area contributed by atoms with Crippen LogP contribution in [0.3, 0.4) is 0 Å². The molecule has 0 unspecified atom stereocenters. The summed E-state index contributed by atoms with van der Waals surface area (Å²) in [6, 6.07) is 0. The maximum atomic E-state index is 12.3. The van der Waals surface area contributed by atoms with Crippen LogP contribution in [0.4, 0.5) is 0 Å². The van der Waals surface area contributed by atoms with Crippen LogP contribution < -0.4 is 5.43 Å². The molecule has 2 aromatic heterocycles. The van der Waals surface area contributed by atoms with E-state index in [0.29, 0.717) is 11.1 Å². The highest BCUT2D eigenvalue weighted by molar-refractivity contribution is 5.88. The van der Waals surface area contributed by atoms with Gasteiger partial charge in [0.25, 0.3) is 0 Å². The standard InChI is InChI=1S/C13H16N4O3/c1-13(2,3)20-12(19)10-11(18)9(6-14-16-10)8-5-15-17(4)7-8/h5-7H,1-4H3,(H,14,18). The first kappa shape index (κ1) is 14.0. The van der Waals surface area contributed by atoms with Crippen molar-refractivity contribution in [1.29, 1.82) is 0 Å². The molecule has 0 aliphatic heterocycles. The van der Waals surface area contributed by atoms with Gasteiger partial charge in [-0.25, -0.2) is 4.79 Å². The van der Waals surface area contributed by atoms with E-state index in [2.05, 4.69) is 15.3 Å². The van der Waals surface area contributed by atoms with Gasteiger partial charge in [-0.1, -0.05) is 0 Å². The van der Waals surface area contributed by atoms with Gasteiger partial charge >= 0.3 is 5.97 Å². The van der Waals surface area contributed by atoms with Crippen LogP contribution in [0, 0.1) is 0 Å². The number of carbonyl (C=O) groups is 1. The van der Waals surface area contributed by atoms with Crippen molar-refractivity contribution in [2.24, 2.45) is 7.05 Å². The third kappa shape index (κ3) is 2.93. The van der Waals surface area contributed by atoms with E-state index in [1.165, 1.54) is 6.20 Å². The van der Waals surface area contributed by atoms with Crippen LogP contribution in [0.5, 0.6) is 0 Å². The number of ether oxygens (including phenoxy) is 1. The van der Waals surface area contributed by atoms with Crippen molar-refractivity contribution < 1.29 is 9.53 Å². The van der Waals surface area contributed by atoms with Crippen LogP contribution in [0.2, 0.25) is 0 Å². The van der Waals surface area contributed by atoms with Crippen molar-refractivity contribution >= 4 is 5.97 Å². The maximum Gasteiger partial charge on any atom is 0.363 e. The van der Waals surface area contributed by atoms with Crippen molar-refractivity contribution in [3.63, 3.8) is 0 Å². The molecular weight excluding hydrogens is 260 g/mol. The fourth-order valence-corrected chi connectivity index (χ4v) is 1.64. The molecule has 1 N–H and O–H groups in total. The Balaban J connectivity index is 2.43. The van der Waals surface area contributed by atoms with Gasteiger partial charge in [-0.2, -0.15) is 10.2 Å². The molecule has 0 aliphatic rings. The molecule has 0 saturated carbocycles. The first-order chi connectivity index (χ1) is 9.28. The number of aromatic amines is 1. The number of H-pyrrole nitrogens is 1. The third-order valence-corrected chi connectivity index (χ3v) is 2.45. The zero-order chi connectivity index (χ0) is 14.9. The summed E-state index contributed by atoms with van der Waals surface area (Å²) in [7, 11) is 1.74. The Morgan fingerprint density at radius 1 is 1.40 bits per heavy atom. The van der Waals surface area contributed by atoms with Gasteiger partial charge in [0.1, 0.15) is 5.60 Å². The summed E-state index contributed by atoms with van der Waals surface area (Å²) < 4.78 is 6.73. The number of hydrogen-bond acceptors (Lipinski definition) is 5. The second kappa shape index (κ2) is 4.92. The number of esters is 1. The van der Waals surface area contributed by atoms with Gasteiger partial charge in [-0.05, 0) is 20.8 Å². The molecule has 0 saturated heterocycles. The van der Waals surface area contributed by atoms with Gasteiger partial charge in [0.15, 0.2) is 0 Å². The van der Waals surface area contributed by atoms with Crippen LogP contribution in [0.1, 0.15) is 31.3 Å². The van der Waals surface area contributed by atoms with Crippen LogP contribution in [-0.4, -0.2) is 31.5 Å². The van der Waals surface area contributed by atoms with Crippen LogP contribution in [0.15, 0.2) is 23.4 Å². The second-order valence-electron chi connectivity index (χ2n) is 5.38. The summed E-state index contributed by atoms with van der Waals surface area (Å²) in [4.78, 5) is 24.2. The number of nitrogens with zero attached hydrogens (tertiary/aromatic N) is 3. The van der Waals surface area contributed by atoms with E-state index in [4.69, 9.17) is 4.74 Å². The third-order valence-electron chi connectivity index (χ3n) is 2.45. The lowest BCUT2D eigenvalue weighted by Crippen LogP contribution is -2.29. The highest BCUT2D eigenvalue weighted by atomic mass is 16.6. The molecule has 0 aliphatic carbocycles. The molecule has 2 heterocycles. The predicted octanol–water partition coefficient (Wildman–Crippen LogP) is 1.13. The Hall–Kier alpha value is -2.44. The molecule has 0 amide bonds. The lowest BCUT2D eigenvalue weighted by molar-refractivity contribution is 0.00601. The van der Waals surface area contributed by atoms with Gasteiger partial charge in [0.05, 0.1) is 11.8 Å². The number of aryl methyl sites for hydroxylation is 1. The number of carbonyl (C=O) groups excluding carboxylic acids is 1. The molecule has 0 bridgehead atoms. The smallest absolute Gasteiger partial charge is 0.363 e. The molecule has 0 fully saturated rings. The Morgan fingerprint density at radius 3 is 2.65 bits per heavy atom. The minimum atomic E-state index is -0.746. The number of aromatic nitrogens is 4. The zero-order valence-electron chi connectivity index (χ0n) is 11.8. The highest BCUT2D eigenvalue weighted by Crippen LogP contribution is 2.14. The molecule has 20 heavy (non-hydrogen) atoms. The average Bonchev–Trinajstić information content (AvgIpc) is 2.73. The van der Waals surface area contributed by atoms with Gasteiger partial charge in [0, 0.05) is 25.0 Å². The summed E-state index contributed by atoms with van der Waals surface area (Å²) in [5.74, 6) is -0.746. The average molecular weight is 276 g/mol. The van der Waals surface area contributed by atoms with Gasteiger partial charge in [0.2, 0.25) is 11.1 Å². The van der Waals surface area contributed by atoms with E-state index >= 15 is 0 Å². The van der Waals surface area contributed by atoms with Gasteiger partial charge in [-0.15, -0.1) is 0 Å². The van der Waals surface area contributed by atoms with Crippen molar-refractivity contribution in [2.75, 3.05) is 0 Å². The van der Waals surface area contributed by atoms with E-state index in [0.717, 1.165) is 0 Å². The summed E-state index contributed by atoms with van der Waals surface area (Å²) in [5, 5.41) is 10.3. The van der Waals surface area contributed by atoms with Crippen LogP contribution in [0.25, 0.3) is 11.1 Å². The summed E-state index contributed by atoms with van der Waals surface area (Å²) in [6.45, 7) is 5.18. The fraction of sp³-hybridized carbons (Fsp3) is 0.385. The first-order valence-electron chi connectivity index (χ1n) is 6.08. The van der Waals surface area contributed by atoms with Gasteiger partial charge < -0.3 is 4.74 Å². The van der Waals surface area contributed by atoms with E-state index in [1.807, 2.05) is 0 Å². The number of rotatable bonds is 2. The monoisotopic (exact) mass is 276 g/mol. The number of nitrogens with one attached hydrogen (secondary N) is 1. The zero-order valence-corrected chi connectivity index (χ0v) is 11.8. The van der Waals surface area contributed by atoms with E-state index in [9.17, 15) is 9.59 Å². The molecule has 7 nitrogen and oxygen atoms in total. The highest BCUT2D eigenvalue weighted by Gasteiger charge is 2.23. The normalized spacial score (nSPS) is 11.4. The first-order valence-corrected chi connectivity index (χ1v) is 6.08. The fourth-order valence-electron chi connectivity index (χ4n) is 1.64. The summed E-state index contributed by atoms with van der Waals surface area (Å²) in [5.41, 5.74) is -0.489.